The van der Waals surface area contributed by atoms with Crippen LogP contribution in [0.3, 0.4) is 0 Å². The molecule has 0 bridgehead atoms. The molecule has 6 nitrogen and oxygen atoms in total. The fraction of sp³-hybridized carbons (Fsp3) is 0.476. The molecule has 0 aromatic carbocycles. The van der Waals surface area contributed by atoms with Crippen LogP contribution in [0.15, 0.2) is 22.9 Å². The second kappa shape index (κ2) is 12.1. The highest BCUT2D eigenvalue weighted by molar-refractivity contribution is 8.13. The van der Waals surface area contributed by atoms with Crippen molar-refractivity contribution in [2.24, 2.45) is 11.8 Å². The molecular formula is C21H26N2O4S3. The summed E-state index contributed by atoms with van der Waals surface area (Å²) in [7, 11) is 0. The number of hydrogen-bond acceptors (Lipinski definition) is 9. The van der Waals surface area contributed by atoms with E-state index in [-0.39, 0.29) is 35.8 Å². The predicted octanol–water partition coefficient (Wildman–Crippen LogP) is 5.19. The van der Waals surface area contributed by atoms with Gasteiger partial charge in [0.25, 0.3) is 0 Å². The fourth-order valence-electron chi connectivity index (χ4n) is 2.57. The van der Waals surface area contributed by atoms with Gasteiger partial charge in [-0.1, -0.05) is 37.8 Å². The van der Waals surface area contributed by atoms with Crippen molar-refractivity contribution in [3.05, 3.63) is 33.6 Å². The van der Waals surface area contributed by atoms with Crippen LogP contribution >= 0.6 is 34.4 Å². The zero-order valence-corrected chi connectivity index (χ0v) is 20.0. The first-order chi connectivity index (χ1) is 14.3. The third kappa shape index (κ3) is 7.77. The Morgan fingerprint density at radius 2 is 1.93 bits per heavy atom. The Morgan fingerprint density at radius 1 is 1.17 bits per heavy atom. The number of nitrogens with zero attached hydrogens (tertiary/aromatic N) is 2. The molecule has 0 fully saturated rings. The van der Waals surface area contributed by atoms with E-state index in [2.05, 4.69) is 9.97 Å². The zero-order valence-electron chi connectivity index (χ0n) is 17.5. The van der Waals surface area contributed by atoms with E-state index in [1.165, 1.54) is 41.4 Å². The van der Waals surface area contributed by atoms with Crippen LogP contribution in [0, 0.1) is 18.8 Å². The quantitative estimate of drug-likeness (QED) is 0.195. The molecule has 9 heteroatoms. The number of aromatic nitrogens is 2. The van der Waals surface area contributed by atoms with E-state index in [0.717, 1.165) is 17.1 Å². The first-order valence-corrected chi connectivity index (χ1v) is 12.4. The van der Waals surface area contributed by atoms with E-state index in [1.807, 2.05) is 32.2 Å². The second-order valence-corrected chi connectivity index (χ2v) is 10.2. The summed E-state index contributed by atoms with van der Waals surface area (Å²) in [5.41, 5.74) is 1.14. The minimum atomic E-state index is -0.522. The summed E-state index contributed by atoms with van der Waals surface area (Å²) < 4.78 is 5.33. The standard InChI is InChI=1S/C21H26N2O4S3/c1-13(2)16(21(26)27-8-6-5-7-9-28-15(4)24)10-19(25)17-11-30-20(23-17)18-12-29-14(3)22-18/h5-6,11-13,16H,7-10H2,1-4H3/b6-5+/t16-/m0/s1. The minimum Gasteiger partial charge on any atom is -0.461 e. The molecule has 2 rings (SSSR count). The molecule has 0 unspecified atom stereocenters. The van der Waals surface area contributed by atoms with Gasteiger partial charge in [0.05, 0.1) is 10.9 Å². The topological polar surface area (TPSA) is 86.2 Å². The molecule has 2 aromatic heterocycles. The molecule has 0 saturated heterocycles. The summed E-state index contributed by atoms with van der Waals surface area (Å²) in [6, 6.07) is 0. The molecule has 2 aromatic rings. The van der Waals surface area contributed by atoms with Crippen LogP contribution in [0.2, 0.25) is 0 Å². The lowest BCUT2D eigenvalue weighted by atomic mass is 9.90. The van der Waals surface area contributed by atoms with Crippen molar-refractivity contribution in [3.63, 3.8) is 0 Å². The van der Waals surface area contributed by atoms with Gasteiger partial charge in [-0.3, -0.25) is 14.4 Å². The molecule has 2 heterocycles. The third-order valence-corrected chi connectivity index (χ3v) is 6.70. The van der Waals surface area contributed by atoms with E-state index in [9.17, 15) is 14.4 Å². The Bertz CT molecular complexity index is 902. The number of ketones is 1. The minimum absolute atomic E-state index is 0.0308. The SMILES string of the molecule is CC(=O)SCC/C=C/COC(=O)[C@@H](CC(=O)c1csc(-c2csc(C)n2)n1)C(C)C. The summed E-state index contributed by atoms with van der Waals surface area (Å²) >= 11 is 4.18. The lowest BCUT2D eigenvalue weighted by molar-refractivity contribution is -0.148. The van der Waals surface area contributed by atoms with Crippen molar-refractivity contribution in [1.29, 1.82) is 0 Å². The van der Waals surface area contributed by atoms with Crippen LogP contribution in [-0.2, 0) is 14.3 Å². The molecule has 0 radical (unpaired) electrons. The molecule has 1 atom stereocenters. The highest BCUT2D eigenvalue weighted by Crippen LogP contribution is 2.27. The first-order valence-electron chi connectivity index (χ1n) is 9.64. The molecule has 0 aliphatic heterocycles. The second-order valence-electron chi connectivity index (χ2n) is 7.00. The van der Waals surface area contributed by atoms with Crippen LogP contribution < -0.4 is 0 Å². The lowest BCUT2D eigenvalue weighted by Gasteiger charge is -2.17. The number of rotatable bonds is 11. The Morgan fingerprint density at radius 3 is 2.57 bits per heavy atom. The van der Waals surface area contributed by atoms with Crippen LogP contribution in [-0.4, -0.2) is 39.2 Å². The molecule has 0 N–H and O–H groups in total. The molecule has 30 heavy (non-hydrogen) atoms. The van der Waals surface area contributed by atoms with Crippen LogP contribution in [0.1, 0.15) is 49.1 Å². The van der Waals surface area contributed by atoms with Crippen molar-refractivity contribution in [2.75, 3.05) is 12.4 Å². The van der Waals surface area contributed by atoms with Crippen molar-refractivity contribution < 1.29 is 19.1 Å². The van der Waals surface area contributed by atoms with Crippen molar-refractivity contribution in [2.45, 2.75) is 40.5 Å². The van der Waals surface area contributed by atoms with Crippen molar-refractivity contribution >= 4 is 51.3 Å². The van der Waals surface area contributed by atoms with Gasteiger partial charge >= 0.3 is 5.97 Å². The Hall–Kier alpha value is -1.84. The average molecular weight is 467 g/mol. The summed E-state index contributed by atoms with van der Waals surface area (Å²) in [6.07, 6.45) is 4.45. The lowest BCUT2D eigenvalue weighted by Crippen LogP contribution is -2.26. The fourth-order valence-corrected chi connectivity index (χ4v) is 4.57. The first kappa shape index (κ1) is 24.4. The van der Waals surface area contributed by atoms with Gasteiger partial charge in [0.15, 0.2) is 10.9 Å². The third-order valence-electron chi connectivity index (χ3n) is 4.22. The molecule has 0 saturated carbocycles. The predicted molar refractivity (Wildman–Crippen MR) is 123 cm³/mol. The summed E-state index contributed by atoms with van der Waals surface area (Å²) in [4.78, 5) is 44.8. The van der Waals surface area contributed by atoms with Crippen LogP contribution in [0.4, 0.5) is 0 Å². The van der Waals surface area contributed by atoms with Gasteiger partial charge in [-0.15, -0.1) is 22.7 Å². The van der Waals surface area contributed by atoms with E-state index >= 15 is 0 Å². The van der Waals surface area contributed by atoms with E-state index in [1.54, 1.807) is 11.5 Å². The molecule has 162 valence electrons. The highest BCUT2D eigenvalue weighted by atomic mass is 32.2. The van der Waals surface area contributed by atoms with Gasteiger partial charge in [0.2, 0.25) is 0 Å². The number of allylic oxidation sites excluding steroid dienone is 1. The van der Waals surface area contributed by atoms with Gasteiger partial charge in [-0.2, -0.15) is 0 Å². The van der Waals surface area contributed by atoms with Crippen molar-refractivity contribution in [3.8, 4) is 10.7 Å². The molecule has 0 aliphatic carbocycles. The summed E-state index contributed by atoms with van der Waals surface area (Å²) in [5.74, 6) is -0.398. The van der Waals surface area contributed by atoms with E-state index in [4.69, 9.17) is 4.74 Å². The Labute approximate surface area is 189 Å². The normalized spacial score (nSPS) is 12.4. The van der Waals surface area contributed by atoms with Crippen LogP contribution in [0.25, 0.3) is 10.7 Å². The average Bonchev–Trinajstić information content (AvgIpc) is 3.33. The smallest absolute Gasteiger partial charge is 0.309 e. The number of carbonyl (C=O) groups excluding carboxylic acids is 3. The van der Waals surface area contributed by atoms with E-state index < -0.39 is 5.92 Å². The maximum Gasteiger partial charge on any atom is 0.309 e. The maximum absolute atomic E-state index is 12.7. The molecule has 0 spiro atoms. The summed E-state index contributed by atoms with van der Waals surface area (Å²) in [6.45, 7) is 7.42. The Kier molecular flexibility index (Phi) is 9.87. The van der Waals surface area contributed by atoms with Crippen molar-refractivity contribution in [1.82, 2.24) is 9.97 Å². The molecule has 0 aliphatic rings. The highest BCUT2D eigenvalue weighted by Gasteiger charge is 2.28. The molecular weight excluding hydrogens is 440 g/mol. The van der Waals surface area contributed by atoms with Gasteiger partial charge in [0, 0.05) is 29.9 Å². The molecule has 0 amide bonds. The van der Waals surface area contributed by atoms with Gasteiger partial charge in [0.1, 0.15) is 23.0 Å². The number of esters is 1. The number of carbonyl (C=O) groups is 3. The number of hydrogen-bond donors (Lipinski definition) is 0. The maximum atomic E-state index is 12.7. The van der Waals surface area contributed by atoms with Gasteiger partial charge in [-0.25, -0.2) is 9.97 Å². The number of thioether (sulfide) groups is 1. The van der Waals surface area contributed by atoms with E-state index in [0.29, 0.717) is 16.5 Å². The van der Waals surface area contributed by atoms with Gasteiger partial charge < -0.3 is 4.74 Å². The largest absolute Gasteiger partial charge is 0.461 e. The number of Topliss-reactive ketones (excluding diaryl/α,β-unsaturated/α-hetero) is 1. The van der Waals surface area contributed by atoms with Gasteiger partial charge in [-0.05, 0) is 19.3 Å². The monoisotopic (exact) mass is 466 g/mol. The Balaban J connectivity index is 1.87. The number of aryl methyl sites for hydroxylation is 1. The number of ether oxygens (including phenoxy) is 1. The summed E-state index contributed by atoms with van der Waals surface area (Å²) in [5, 5.41) is 5.38. The zero-order chi connectivity index (χ0) is 22.1. The van der Waals surface area contributed by atoms with Crippen LogP contribution in [0.5, 0.6) is 0 Å². The number of thiazole rings is 2.